The van der Waals surface area contributed by atoms with Gasteiger partial charge >= 0.3 is 0 Å². The van der Waals surface area contributed by atoms with Crippen molar-refractivity contribution in [1.82, 2.24) is 0 Å². The zero-order chi connectivity index (χ0) is 8.99. The molecule has 0 aliphatic carbocycles. The molecule has 0 heterocycles. The Bertz CT molecular complexity index is 64.1. The van der Waals surface area contributed by atoms with Gasteiger partial charge in [-0.1, -0.05) is 52.0 Å². The van der Waals surface area contributed by atoms with E-state index in [4.69, 9.17) is 0 Å². The molecule has 0 aromatic heterocycles. The highest BCUT2D eigenvalue weighted by atomic mass is 13.7. The van der Waals surface area contributed by atoms with Gasteiger partial charge in [-0.2, -0.15) is 0 Å². The third-order valence-corrected chi connectivity index (χ3v) is 0.451. The minimum atomic E-state index is 1.30. The molecule has 0 radical (unpaired) electrons. The monoisotopic (exact) mass is 142 g/mol. The highest BCUT2D eigenvalue weighted by Gasteiger charge is 1.63. The Labute approximate surface area is 66.7 Å². The zero-order valence-electron chi connectivity index (χ0n) is 8.36. The number of rotatable bonds is 1. The van der Waals surface area contributed by atoms with E-state index in [2.05, 4.69) is 6.58 Å². The molecular weight excluding hydrogens is 120 g/mol. The van der Waals surface area contributed by atoms with Crippen molar-refractivity contribution in [2.75, 3.05) is 0 Å². The van der Waals surface area contributed by atoms with Crippen LogP contribution in [0.3, 0.4) is 0 Å². The fourth-order valence-electron chi connectivity index (χ4n) is 0.236. The normalized spacial score (nSPS) is 5.40. The number of hydrogen-bond acceptors (Lipinski definition) is 0. The van der Waals surface area contributed by atoms with Crippen LogP contribution in [0.15, 0.2) is 24.3 Å². The van der Waals surface area contributed by atoms with Crippen molar-refractivity contribution in [1.29, 1.82) is 0 Å². The average molecular weight is 142 g/mol. The Morgan fingerprint density at radius 3 is 1.30 bits per heavy atom. The smallest absolute Gasteiger partial charge is 0.0439 e. The molecule has 0 fully saturated rings. The Morgan fingerprint density at radius 2 is 1.30 bits per heavy atom. The van der Waals surface area contributed by atoms with Gasteiger partial charge in [0.25, 0.3) is 0 Å². The van der Waals surface area contributed by atoms with Crippen molar-refractivity contribution < 1.29 is 0 Å². The Morgan fingerprint density at radius 1 is 1.00 bits per heavy atom. The molecule has 0 bridgehead atoms. The Hall–Kier alpha value is -0.520. The largest absolute Gasteiger partial charge is 0.0991 e. The summed E-state index contributed by atoms with van der Waals surface area (Å²) in [6.45, 7) is 15.6. The maximum absolute atomic E-state index is 3.52. The van der Waals surface area contributed by atoms with E-state index in [-0.39, 0.29) is 0 Å². The average Bonchev–Trinajstić information content (AvgIpc) is 1.96. The zero-order valence-corrected chi connectivity index (χ0v) is 8.36. The van der Waals surface area contributed by atoms with Crippen LogP contribution < -0.4 is 0 Å². The molecule has 10 heavy (non-hydrogen) atoms. The predicted octanol–water partition coefficient (Wildman–Crippen LogP) is 4.19. The summed E-state index contributed by atoms with van der Waals surface area (Å²) in [7, 11) is 0. The standard InChI is InChI=1S/C6H10.2C2H6/c1-4-5-6(2)3;2*1-2/h4-5H,1H2,2-3H3;2*1-2H3. The van der Waals surface area contributed by atoms with E-state index in [0.29, 0.717) is 0 Å². The van der Waals surface area contributed by atoms with E-state index in [0.717, 1.165) is 0 Å². The quantitative estimate of drug-likeness (QED) is 0.481. The lowest BCUT2D eigenvalue weighted by Gasteiger charge is -1.76. The van der Waals surface area contributed by atoms with Crippen molar-refractivity contribution in [3.8, 4) is 0 Å². The highest BCUT2D eigenvalue weighted by Crippen LogP contribution is 1.85. The lowest BCUT2D eigenvalue weighted by Crippen LogP contribution is -1.54. The first kappa shape index (κ1) is 16.2. The third-order valence-electron chi connectivity index (χ3n) is 0.451. The van der Waals surface area contributed by atoms with Crippen molar-refractivity contribution in [2.45, 2.75) is 41.5 Å². The van der Waals surface area contributed by atoms with E-state index in [9.17, 15) is 0 Å². The van der Waals surface area contributed by atoms with Crippen LogP contribution in [-0.4, -0.2) is 0 Å². The molecule has 0 amide bonds. The van der Waals surface area contributed by atoms with Gasteiger partial charge in [0, 0.05) is 0 Å². The summed E-state index contributed by atoms with van der Waals surface area (Å²) in [5, 5.41) is 0. The summed E-state index contributed by atoms with van der Waals surface area (Å²) in [5.74, 6) is 0. The molecule has 0 saturated carbocycles. The minimum absolute atomic E-state index is 1.30. The molecule has 0 heteroatoms. The minimum Gasteiger partial charge on any atom is -0.0991 e. The highest BCUT2D eigenvalue weighted by molar-refractivity contribution is 5.04. The molecule has 0 atom stereocenters. The molecule has 0 aromatic carbocycles. The first-order valence-electron chi connectivity index (χ1n) is 4.03. The molecule has 0 nitrogen and oxygen atoms in total. The summed E-state index contributed by atoms with van der Waals surface area (Å²) in [6, 6.07) is 0. The van der Waals surface area contributed by atoms with E-state index >= 15 is 0 Å². The number of allylic oxidation sites excluding steroid dienone is 3. The van der Waals surface area contributed by atoms with Gasteiger partial charge in [0.2, 0.25) is 0 Å². The maximum Gasteiger partial charge on any atom is -0.0439 e. The summed E-state index contributed by atoms with van der Waals surface area (Å²) < 4.78 is 0. The van der Waals surface area contributed by atoms with E-state index in [1.165, 1.54) is 5.57 Å². The third kappa shape index (κ3) is 51.1. The maximum atomic E-state index is 3.52. The second kappa shape index (κ2) is 23.6. The van der Waals surface area contributed by atoms with Gasteiger partial charge in [-0.05, 0) is 13.8 Å². The van der Waals surface area contributed by atoms with E-state index in [1.54, 1.807) is 6.08 Å². The molecule has 0 aliphatic rings. The van der Waals surface area contributed by atoms with Gasteiger partial charge in [0.1, 0.15) is 0 Å². The fourth-order valence-corrected chi connectivity index (χ4v) is 0.236. The predicted molar refractivity (Wildman–Crippen MR) is 52.3 cm³/mol. The van der Waals surface area contributed by atoms with Crippen molar-refractivity contribution in [2.24, 2.45) is 0 Å². The van der Waals surface area contributed by atoms with Gasteiger partial charge in [0.05, 0.1) is 0 Å². The van der Waals surface area contributed by atoms with Crippen LogP contribution in [0.5, 0.6) is 0 Å². The summed E-state index contributed by atoms with van der Waals surface area (Å²) in [4.78, 5) is 0. The van der Waals surface area contributed by atoms with Gasteiger partial charge in [-0.25, -0.2) is 0 Å². The summed E-state index contributed by atoms with van der Waals surface area (Å²) in [5.41, 5.74) is 1.30. The van der Waals surface area contributed by atoms with Crippen LogP contribution in [0.1, 0.15) is 41.5 Å². The molecule has 0 aliphatic heterocycles. The lowest BCUT2D eigenvalue weighted by atomic mass is 10.3. The second-order valence-corrected chi connectivity index (χ2v) is 1.48. The molecule has 0 spiro atoms. The lowest BCUT2D eigenvalue weighted by molar-refractivity contribution is 1.40. The second-order valence-electron chi connectivity index (χ2n) is 1.48. The van der Waals surface area contributed by atoms with Gasteiger partial charge < -0.3 is 0 Å². The van der Waals surface area contributed by atoms with Crippen LogP contribution in [-0.2, 0) is 0 Å². The fraction of sp³-hybridized carbons (Fsp3) is 0.600. The van der Waals surface area contributed by atoms with Crippen LogP contribution in [0.25, 0.3) is 0 Å². The van der Waals surface area contributed by atoms with Crippen LogP contribution in [0, 0.1) is 0 Å². The van der Waals surface area contributed by atoms with Crippen molar-refractivity contribution in [3.63, 3.8) is 0 Å². The molecular formula is C10H22. The molecule has 62 valence electrons. The first-order chi connectivity index (χ1) is 4.77. The molecule has 0 N–H and O–H groups in total. The number of hydrogen-bond donors (Lipinski definition) is 0. The van der Waals surface area contributed by atoms with Gasteiger partial charge in [-0.3, -0.25) is 0 Å². The van der Waals surface area contributed by atoms with Crippen LogP contribution >= 0.6 is 0 Å². The van der Waals surface area contributed by atoms with Gasteiger partial charge in [0.15, 0.2) is 0 Å². The first-order valence-corrected chi connectivity index (χ1v) is 4.03. The summed E-state index contributed by atoms with van der Waals surface area (Å²) in [6.07, 6.45) is 3.76. The van der Waals surface area contributed by atoms with Crippen LogP contribution in [0.2, 0.25) is 0 Å². The summed E-state index contributed by atoms with van der Waals surface area (Å²) >= 11 is 0. The Balaban J connectivity index is -0.000000105. The van der Waals surface area contributed by atoms with Crippen molar-refractivity contribution >= 4 is 0 Å². The van der Waals surface area contributed by atoms with Gasteiger partial charge in [-0.15, -0.1) is 0 Å². The molecule has 0 aromatic rings. The van der Waals surface area contributed by atoms with Crippen molar-refractivity contribution in [3.05, 3.63) is 24.3 Å². The topological polar surface area (TPSA) is 0 Å². The van der Waals surface area contributed by atoms with E-state index in [1.807, 2.05) is 47.6 Å². The molecule has 0 unspecified atom stereocenters. The Kier molecular flexibility index (Phi) is 38.4. The van der Waals surface area contributed by atoms with Crippen LogP contribution in [0.4, 0.5) is 0 Å². The molecule has 0 rings (SSSR count). The SMILES string of the molecule is C=CC=C(C)C.CC.CC. The molecule has 0 saturated heterocycles. The van der Waals surface area contributed by atoms with E-state index < -0.39 is 0 Å².